The number of alkyl halides is 2. The molecule has 2 atom stereocenters. The molecule has 1 saturated carbocycles. The maximum Gasteiger partial charge on any atom is 0.252 e. The first-order chi connectivity index (χ1) is 13.7. The van der Waals surface area contributed by atoms with E-state index in [2.05, 4.69) is 10.6 Å². The number of benzene rings is 2. The Labute approximate surface area is 187 Å². The summed E-state index contributed by atoms with van der Waals surface area (Å²) in [6.45, 7) is 2.44. The van der Waals surface area contributed by atoms with Crippen LogP contribution in [-0.4, -0.2) is 22.7 Å². The van der Waals surface area contributed by atoms with E-state index in [1.807, 2.05) is 6.92 Å². The van der Waals surface area contributed by atoms with E-state index in [0.717, 1.165) is 6.42 Å². The fourth-order valence-corrected chi connectivity index (χ4v) is 4.32. The van der Waals surface area contributed by atoms with Crippen LogP contribution in [0, 0.1) is 11.7 Å². The normalized spacial score (nSPS) is 19.5. The zero-order valence-electron chi connectivity index (χ0n) is 15.2. The number of carbonyl (C=O) groups is 2. The van der Waals surface area contributed by atoms with E-state index >= 15 is 0 Å². The molecule has 0 radical (unpaired) electrons. The van der Waals surface area contributed by atoms with Gasteiger partial charge in [0.1, 0.15) is 10.2 Å². The summed E-state index contributed by atoms with van der Waals surface area (Å²) in [7, 11) is 0. The number of halogens is 5. The zero-order chi connectivity index (χ0) is 21.3. The summed E-state index contributed by atoms with van der Waals surface area (Å²) in [5, 5.41) is 5.64. The number of nitrogens with one attached hydrogen (secondary N) is 2. The van der Waals surface area contributed by atoms with E-state index in [4.69, 9.17) is 46.4 Å². The van der Waals surface area contributed by atoms with E-state index in [1.165, 1.54) is 30.3 Å². The number of amides is 2. The monoisotopic (exact) mass is 476 g/mol. The third-order valence-corrected chi connectivity index (χ3v) is 6.21. The average Bonchev–Trinajstić information content (AvgIpc) is 3.25. The Morgan fingerprint density at radius 2 is 1.83 bits per heavy atom. The Bertz CT molecular complexity index is 967. The highest BCUT2D eigenvalue weighted by atomic mass is 35.5. The number of rotatable bonds is 6. The van der Waals surface area contributed by atoms with Crippen LogP contribution in [0.2, 0.25) is 10.0 Å². The maximum absolute atomic E-state index is 13.4. The number of hydrogen-bond donors (Lipinski definition) is 2. The second-order valence-electron chi connectivity index (χ2n) is 6.74. The SMILES string of the molecule is CCCNC(=O)c1cc(NC(=O)C2C(c3ccc(F)c(Cl)c3)C2(Cl)Cl)ccc1Cl. The van der Waals surface area contributed by atoms with Gasteiger partial charge in [-0.05, 0) is 42.3 Å². The predicted molar refractivity (Wildman–Crippen MR) is 115 cm³/mol. The van der Waals surface area contributed by atoms with Crippen LogP contribution >= 0.6 is 46.4 Å². The van der Waals surface area contributed by atoms with Gasteiger partial charge >= 0.3 is 0 Å². The van der Waals surface area contributed by atoms with Crippen molar-refractivity contribution >= 4 is 63.9 Å². The highest BCUT2D eigenvalue weighted by Gasteiger charge is 2.67. The maximum atomic E-state index is 13.4. The Morgan fingerprint density at radius 1 is 1.10 bits per heavy atom. The molecule has 154 valence electrons. The zero-order valence-corrected chi connectivity index (χ0v) is 18.3. The van der Waals surface area contributed by atoms with Crippen molar-refractivity contribution in [2.75, 3.05) is 11.9 Å². The van der Waals surface area contributed by atoms with Gasteiger partial charge in [0, 0.05) is 18.2 Å². The fraction of sp³-hybridized carbons (Fsp3) is 0.300. The Balaban J connectivity index is 1.76. The van der Waals surface area contributed by atoms with Gasteiger partial charge in [0.25, 0.3) is 5.91 Å². The minimum Gasteiger partial charge on any atom is -0.352 e. The number of hydrogen-bond acceptors (Lipinski definition) is 2. The Morgan fingerprint density at radius 3 is 2.48 bits per heavy atom. The smallest absolute Gasteiger partial charge is 0.252 e. The summed E-state index contributed by atoms with van der Waals surface area (Å²) < 4.78 is 12.1. The van der Waals surface area contributed by atoms with Crippen LogP contribution in [0.25, 0.3) is 0 Å². The van der Waals surface area contributed by atoms with Crippen molar-refractivity contribution in [3.05, 3.63) is 63.4 Å². The van der Waals surface area contributed by atoms with E-state index in [1.54, 1.807) is 6.07 Å². The molecule has 1 fully saturated rings. The molecule has 0 bridgehead atoms. The van der Waals surface area contributed by atoms with Crippen LogP contribution in [-0.2, 0) is 4.79 Å². The van der Waals surface area contributed by atoms with Crippen LogP contribution in [0.15, 0.2) is 36.4 Å². The lowest BCUT2D eigenvalue weighted by Gasteiger charge is -2.10. The summed E-state index contributed by atoms with van der Waals surface area (Å²) in [4.78, 5) is 25.0. The molecule has 4 nitrogen and oxygen atoms in total. The van der Waals surface area contributed by atoms with E-state index in [-0.39, 0.29) is 21.5 Å². The van der Waals surface area contributed by atoms with Crippen molar-refractivity contribution in [2.24, 2.45) is 5.92 Å². The lowest BCUT2D eigenvalue weighted by Crippen LogP contribution is -2.24. The van der Waals surface area contributed by atoms with Crippen LogP contribution in [0.3, 0.4) is 0 Å². The first kappa shape index (κ1) is 22.2. The molecule has 0 aliphatic heterocycles. The van der Waals surface area contributed by atoms with Crippen LogP contribution in [0.4, 0.5) is 10.1 Å². The molecule has 2 N–H and O–H groups in total. The minimum absolute atomic E-state index is 0.0712. The highest BCUT2D eigenvalue weighted by Crippen LogP contribution is 2.65. The van der Waals surface area contributed by atoms with E-state index in [0.29, 0.717) is 17.8 Å². The van der Waals surface area contributed by atoms with Crippen molar-refractivity contribution in [3.63, 3.8) is 0 Å². The number of carbonyl (C=O) groups excluding carboxylic acids is 2. The molecule has 0 spiro atoms. The largest absolute Gasteiger partial charge is 0.352 e. The molecular formula is C20H17Cl4FN2O2. The topological polar surface area (TPSA) is 58.2 Å². The van der Waals surface area contributed by atoms with Gasteiger partial charge in [0.2, 0.25) is 5.91 Å². The lowest BCUT2D eigenvalue weighted by molar-refractivity contribution is -0.117. The van der Waals surface area contributed by atoms with Gasteiger partial charge in [-0.25, -0.2) is 4.39 Å². The standard InChI is InChI=1S/C20H17Cl4FN2O2/c1-2-7-26-18(28)12-9-11(4-5-13(12)21)27-19(29)17-16(20(17,23)24)10-3-6-15(25)14(22)8-10/h3-6,8-9,16-17H,2,7H2,1H3,(H,26,28)(H,27,29). The average molecular weight is 478 g/mol. The van der Waals surface area contributed by atoms with E-state index < -0.39 is 27.9 Å². The Hall–Kier alpha value is -1.53. The first-order valence-corrected chi connectivity index (χ1v) is 10.4. The molecule has 0 aromatic heterocycles. The molecule has 0 saturated heterocycles. The molecule has 2 aromatic rings. The second kappa shape index (κ2) is 8.68. The van der Waals surface area contributed by atoms with Gasteiger partial charge in [-0.1, -0.05) is 36.2 Å². The van der Waals surface area contributed by atoms with Crippen molar-refractivity contribution in [2.45, 2.75) is 23.6 Å². The summed E-state index contributed by atoms with van der Waals surface area (Å²) in [5.74, 6) is -2.63. The summed E-state index contributed by atoms with van der Waals surface area (Å²) in [6.07, 6.45) is 0.782. The fourth-order valence-electron chi connectivity index (χ4n) is 3.10. The van der Waals surface area contributed by atoms with Gasteiger partial charge in [0.15, 0.2) is 0 Å². The van der Waals surface area contributed by atoms with Crippen LogP contribution in [0.5, 0.6) is 0 Å². The molecule has 1 aliphatic rings. The van der Waals surface area contributed by atoms with Crippen molar-refractivity contribution < 1.29 is 14.0 Å². The van der Waals surface area contributed by atoms with E-state index in [9.17, 15) is 14.0 Å². The molecule has 1 aliphatic carbocycles. The summed E-state index contributed by atoms with van der Waals surface area (Å²) in [6, 6.07) is 8.70. The third-order valence-electron chi connectivity index (χ3n) is 4.65. The van der Waals surface area contributed by atoms with Crippen LogP contribution in [0.1, 0.15) is 35.2 Å². The van der Waals surface area contributed by atoms with Gasteiger partial charge in [0.05, 0.1) is 21.5 Å². The van der Waals surface area contributed by atoms with Crippen molar-refractivity contribution in [1.82, 2.24) is 5.32 Å². The molecule has 3 rings (SSSR count). The Kier molecular flexibility index (Phi) is 6.64. The second-order valence-corrected chi connectivity index (χ2v) is 9.00. The molecule has 2 aromatic carbocycles. The van der Waals surface area contributed by atoms with Crippen molar-refractivity contribution in [1.29, 1.82) is 0 Å². The quantitative estimate of drug-likeness (QED) is 0.516. The highest BCUT2D eigenvalue weighted by molar-refractivity contribution is 6.53. The first-order valence-electron chi connectivity index (χ1n) is 8.88. The van der Waals surface area contributed by atoms with Gasteiger partial charge < -0.3 is 10.6 Å². The third kappa shape index (κ3) is 4.64. The van der Waals surface area contributed by atoms with Crippen LogP contribution < -0.4 is 10.6 Å². The predicted octanol–water partition coefficient (Wildman–Crippen LogP) is 5.80. The molecule has 2 unspecified atom stereocenters. The summed E-state index contributed by atoms with van der Waals surface area (Å²) in [5.41, 5.74) is 1.20. The van der Waals surface area contributed by atoms with Gasteiger partial charge in [-0.15, -0.1) is 23.2 Å². The lowest BCUT2D eigenvalue weighted by atomic mass is 10.1. The molecular weight excluding hydrogens is 461 g/mol. The minimum atomic E-state index is -1.35. The van der Waals surface area contributed by atoms with Gasteiger partial charge in [-0.3, -0.25) is 9.59 Å². The van der Waals surface area contributed by atoms with Gasteiger partial charge in [-0.2, -0.15) is 0 Å². The molecule has 2 amide bonds. The molecule has 29 heavy (non-hydrogen) atoms. The number of anilines is 1. The summed E-state index contributed by atoms with van der Waals surface area (Å²) >= 11 is 24.5. The molecule has 9 heteroatoms. The van der Waals surface area contributed by atoms with Crippen molar-refractivity contribution in [3.8, 4) is 0 Å². The molecule has 0 heterocycles.